The zero-order chi connectivity index (χ0) is 11.5. The summed E-state index contributed by atoms with van der Waals surface area (Å²) < 4.78 is 35.3. The molecular formula is C7H5F3N2O3. The van der Waals surface area contributed by atoms with Gasteiger partial charge in [0.2, 0.25) is 0 Å². The second kappa shape index (κ2) is 4.11. The number of halogens is 3. The lowest BCUT2D eigenvalue weighted by atomic mass is 10.6. The highest BCUT2D eigenvalue weighted by Gasteiger charge is 2.43. The average molecular weight is 222 g/mol. The first kappa shape index (κ1) is 11.2. The molecule has 0 saturated carbocycles. The number of alkyl halides is 3. The van der Waals surface area contributed by atoms with Gasteiger partial charge >= 0.3 is 12.1 Å². The molecule has 1 rings (SSSR count). The van der Waals surface area contributed by atoms with E-state index < -0.39 is 18.1 Å². The summed E-state index contributed by atoms with van der Waals surface area (Å²) in [5, 5.41) is 0.197. The normalized spacial score (nSPS) is 16.5. The second-order valence-corrected chi connectivity index (χ2v) is 2.43. The first-order chi connectivity index (χ1) is 6.91. The molecule has 0 aromatic rings. The molecule has 0 unspecified atom stereocenters. The molecule has 0 bridgehead atoms. The maximum absolute atomic E-state index is 11.8. The van der Waals surface area contributed by atoms with Crippen molar-refractivity contribution in [3.63, 3.8) is 0 Å². The fourth-order valence-electron chi connectivity index (χ4n) is 0.684. The molecule has 0 atom stereocenters. The zero-order valence-corrected chi connectivity index (χ0v) is 7.19. The largest absolute Gasteiger partial charge is 0.493 e. The Hall–Kier alpha value is -1.86. The molecule has 82 valence electrons. The average Bonchev–Trinajstić information content (AvgIpc) is 2.30. The van der Waals surface area contributed by atoms with Crippen molar-refractivity contribution in [1.29, 1.82) is 0 Å². The first-order valence-electron chi connectivity index (χ1n) is 3.69. The van der Waals surface area contributed by atoms with Crippen LogP contribution in [0.3, 0.4) is 0 Å². The molecule has 1 amide bonds. The Balaban J connectivity index is 2.66. The lowest BCUT2D eigenvalue weighted by Gasteiger charge is -2.15. The third-order valence-electron chi connectivity index (χ3n) is 1.30. The number of nitrogens with zero attached hydrogens (tertiary/aromatic N) is 2. The number of aliphatic imine (C=N–C) groups is 1. The minimum absolute atomic E-state index is 0.197. The zero-order valence-electron chi connectivity index (χ0n) is 7.19. The van der Waals surface area contributed by atoms with Crippen molar-refractivity contribution in [1.82, 2.24) is 5.06 Å². The van der Waals surface area contributed by atoms with Crippen LogP contribution in [-0.4, -0.2) is 35.9 Å². The monoisotopic (exact) mass is 222 g/mol. The number of hydroxylamine groups is 2. The van der Waals surface area contributed by atoms with Crippen molar-refractivity contribution in [2.45, 2.75) is 6.18 Å². The van der Waals surface area contributed by atoms with Gasteiger partial charge in [-0.3, -0.25) is 9.79 Å². The molecule has 8 heteroatoms. The van der Waals surface area contributed by atoms with Gasteiger partial charge < -0.3 is 4.84 Å². The molecule has 1 aliphatic rings. The lowest BCUT2D eigenvalue weighted by molar-refractivity contribution is -0.228. The van der Waals surface area contributed by atoms with E-state index >= 15 is 0 Å². The first-order valence-corrected chi connectivity index (χ1v) is 3.69. The lowest BCUT2D eigenvalue weighted by Crippen LogP contribution is -2.36. The van der Waals surface area contributed by atoms with E-state index in [1.165, 1.54) is 12.3 Å². The van der Waals surface area contributed by atoms with Crippen LogP contribution in [-0.2, 0) is 14.4 Å². The third kappa shape index (κ3) is 3.08. The molecule has 0 N–H and O–H groups in total. The summed E-state index contributed by atoms with van der Waals surface area (Å²) in [7, 11) is 0. The van der Waals surface area contributed by atoms with E-state index in [2.05, 4.69) is 9.83 Å². The summed E-state index contributed by atoms with van der Waals surface area (Å²) in [5.74, 6) is -3.32. The van der Waals surface area contributed by atoms with Crippen molar-refractivity contribution >= 4 is 18.1 Å². The molecule has 1 heterocycles. The fourth-order valence-corrected chi connectivity index (χ4v) is 0.684. The van der Waals surface area contributed by atoms with Crippen molar-refractivity contribution in [2.75, 3.05) is 6.54 Å². The number of hydrogen-bond acceptors (Lipinski definition) is 4. The molecule has 15 heavy (non-hydrogen) atoms. The van der Waals surface area contributed by atoms with Gasteiger partial charge in [0.25, 0.3) is 5.91 Å². The highest BCUT2D eigenvalue weighted by molar-refractivity contribution is 5.86. The summed E-state index contributed by atoms with van der Waals surface area (Å²) in [4.78, 5) is 28.7. The van der Waals surface area contributed by atoms with Gasteiger partial charge in [-0.15, -0.1) is 5.06 Å². The highest BCUT2D eigenvalue weighted by atomic mass is 19.4. The Morgan fingerprint density at radius 3 is 2.80 bits per heavy atom. The van der Waals surface area contributed by atoms with Crippen LogP contribution in [0.2, 0.25) is 0 Å². The number of hydrogen-bond donors (Lipinski definition) is 0. The molecule has 1 aliphatic heterocycles. The minimum Gasteiger partial charge on any atom is -0.325 e. The number of carbonyl (C=O) groups excluding carboxylic acids is 2. The summed E-state index contributed by atoms with van der Waals surface area (Å²) in [5.41, 5.74) is 0. The summed E-state index contributed by atoms with van der Waals surface area (Å²) in [6.45, 7) is -0.377. The van der Waals surface area contributed by atoms with Crippen LogP contribution in [0.25, 0.3) is 0 Å². The Labute approximate surface area is 81.8 Å². The predicted molar refractivity (Wildman–Crippen MR) is 41.5 cm³/mol. The predicted octanol–water partition coefficient (Wildman–Crippen LogP) is 0.434. The maximum atomic E-state index is 11.8. The van der Waals surface area contributed by atoms with Crippen molar-refractivity contribution in [3.05, 3.63) is 12.3 Å². The molecule has 0 radical (unpaired) electrons. The SMILES string of the molecule is O=C1CN=CC=CN1OC(=O)C(F)(F)F. The fraction of sp³-hybridized carbons (Fsp3) is 0.286. The van der Waals surface area contributed by atoms with Gasteiger partial charge in [-0.2, -0.15) is 13.2 Å². The molecular weight excluding hydrogens is 217 g/mol. The standard InChI is InChI=1S/C7H5F3N2O3/c8-7(9,10)6(14)15-12-3-1-2-11-4-5(12)13/h1-3H,4H2. The van der Waals surface area contributed by atoms with Crippen molar-refractivity contribution in [2.24, 2.45) is 4.99 Å². The summed E-state index contributed by atoms with van der Waals surface area (Å²) >= 11 is 0. The summed E-state index contributed by atoms with van der Waals surface area (Å²) in [6.07, 6.45) is -1.88. The molecule has 0 aromatic heterocycles. The topological polar surface area (TPSA) is 59.0 Å². The Bertz CT molecular complexity index is 335. The van der Waals surface area contributed by atoms with Crippen LogP contribution in [0.15, 0.2) is 17.3 Å². The third-order valence-corrected chi connectivity index (χ3v) is 1.30. The van der Waals surface area contributed by atoms with Gasteiger partial charge in [0.15, 0.2) is 0 Å². The molecule has 0 aliphatic carbocycles. The number of allylic oxidation sites excluding steroid dienone is 1. The van der Waals surface area contributed by atoms with Gasteiger partial charge in [-0.05, 0) is 6.08 Å². The number of rotatable bonds is 1. The smallest absolute Gasteiger partial charge is 0.325 e. The summed E-state index contributed by atoms with van der Waals surface area (Å²) in [6, 6.07) is 0. The van der Waals surface area contributed by atoms with Gasteiger partial charge in [0.05, 0.1) is 0 Å². The molecule has 0 fully saturated rings. The van der Waals surface area contributed by atoms with Crippen LogP contribution >= 0.6 is 0 Å². The van der Waals surface area contributed by atoms with Gasteiger partial charge in [-0.1, -0.05) is 0 Å². The van der Waals surface area contributed by atoms with E-state index in [1.807, 2.05) is 0 Å². The highest BCUT2D eigenvalue weighted by Crippen LogP contribution is 2.17. The number of carbonyl (C=O) groups is 2. The maximum Gasteiger partial charge on any atom is 0.493 e. The van der Waals surface area contributed by atoms with Crippen LogP contribution in [0.5, 0.6) is 0 Å². The van der Waals surface area contributed by atoms with Crippen LogP contribution in [0.1, 0.15) is 0 Å². The molecule has 0 saturated heterocycles. The minimum atomic E-state index is -5.14. The van der Waals surface area contributed by atoms with E-state index in [0.29, 0.717) is 0 Å². The Morgan fingerprint density at radius 2 is 2.20 bits per heavy atom. The quantitative estimate of drug-likeness (QED) is 0.646. The Morgan fingerprint density at radius 1 is 1.53 bits per heavy atom. The van der Waals surface area contributed by atoms with Gasteiger partial charge in [0.1, 0.15) is 6.54 Å². The van der Waals surface area contributed by atoms with Crippen molar-refractivity contribution < 1.29 is 27.6 Å². The van der Waals surface area contributed by atoms with Crippen molar-refractivity contribution in [3.8, 4) is 0 Å². The van der Waals surface area contributed by atoms with E-state index in [0.717, 1.165) is 6.20 Å². The molecule has 5 nitrogen and oxygen atoms in total. The second-order valence-electron chi connectivity index (χ2n) is 2.43. The number of amides is 1. The van der Waals surface area contributed by atoms with Crippen LogP contribution in [0.4, 0.5) is 13.2 Å². The van der Waals surface area contributed by atoms with E-state index in [1.54, 1.807) is 0 Å². The van der Waals surface area contributed by atoms with E-state index in [9.17, 15) is 22.8 Å². The Kier molecular flexibility index (Phi) is 3.08. The van der Waals surface area contributed by atoms with Crippen LogP contribution < -0.4 is 0 Å². The van der Waals surface area contributed by atoms with Crippen LogP contribution in [0, 0.1) is 0 Å². The van der Waals surface area contributed by atoms with Gasteiger partial charge in [-0.25, -0.2) is 4.79 Å². The molecule has 0 spiro atoms. The van der Waals surface area contributed by atoms with Gasteiger partial charge in [0, 0.05) is 12.4 Å². The van der Waals surface area contributed by atoms with E-state index in [4.69, 9.17) is 0 Å². The van der Waals surface area contributed by atoms with E-state index in [-0.39, 0.29) is 11.6 Å². The molecule has 0 aromatic carbocycles.